The van der Waals surface area contributed by atoms with Crippen LogP contribution in [0.4, 0.5) is 17.1 Å². The number of hydrogen-bond acceptors (Lipinski definition) is 4. The molecule has 3 aromatic rings. The summed E-state index contributed by atoms with van der Waals surface area (Å²) in [4.78, 5) is 13.3. The van der Waals surface area contributed by atoms with E-state index < -0.39 is 0 Å². The molecule has 160 valence electrons. The van der Waals surface area contributed by atoms with Gasteiger partial charge in [0, 0.05) is 21.3 Å². The number of hydrogen-bond donors (Lipinski definition) is 3. The monoisotopic (exact) mass is 471 g/mol. The molecule has 0 radical (unpaired) electrons. The van der Waals surface area contributed by atoms with Gasteiger partial charge in [-0.2, -0.15) is 0 Å². The molecular weight excluding hydrogens is 450 g/mol. The topological polar surface area (TPSA) is 62.4 Å². The van der Waals surface area contributed by atoms with E-state index in [1.54, 1.807) is 19.2 Å². The van der Waals surface area contributed by atoms with Crippen molar-refractivity contribution in [1.29, 1.82) is 0 Å². The SMILES string of the molecule is COc1ccccc1NC(=S)Nc1cccc(SCC(=O)Nc2cc(Cl)ccc2C)c1. The molecule has 0 aliphatic carbocycles. The molecule has 0 heterocycles. The van der Waals surface area contributed by atoms with E-state index in [0.717, 1.165) is 27.5 Å². The van der Waals surface area contributed by atoms with Gasteiger partial charge in [-0.1, -0.05) is 35.9 Å². The number of benzene rings is 3. The van der Waals surface area contributed by atoms with Gasteiger partial charge in [0.05, 0.1) is 18.6 Å². The Kier molecular flexibility index (Phi) is 8.17. The van der Waals surface area contributed by atoms with Crippen molar-refractivity contribution in [3.05, 3.63) is 77.3 Å². The van der Waals surface area contributed by atoms with Gasteiger partial charge in [0.15, 0.2) is 5.11 Å². The molecule has 0 unspecified atom stereocenters. The van der Waals surface area contributed by atoms with Gasteiger partial charge in [-0.3, -0.25) is 4.79 Å². The summed E-state index contributed by atoms with van der Waals surface area (Å²) < 4.78 is 5.33. The fraction of sp³-hybridized carbons (Fsp3) is 0.130. The minimum atomic E-state index is -0.0953. The molecule has 0 saturated carbocycles. The largest absolute Gasteiger partial charge is 0.495 e. The van der Waals surface area contributed by atoms with Gasteiger partial charge in [-0.05, 0) is 67.2 Å². The Morgan fingerprint density at radius 3 is 2.61 bits per heavy atom. The number of ether oxygens (including phenoxy) is 1. The third-order valence-electron chi connectivity index (χ3n) is 4.29. The summed E-state index contributed by atoms with van der Waals surface area (Å²) in [7, 11) is 1.61. The molecule has 0 aliphatic rings. The number of thioether (sulfide) groups is 1. The van der Waals surface area contributed by atoms with E-state index in [2.05, 4.69) is 16.0 Å². The van der Waals surface area contributed by atoms with Crippen molar-refractivity contribution in [2.24, 2.45) is 0 Å². The number of halogens is 1. The van der Waals surface area contributed by atoms with Crippen LogP contribution in [0.5, 0.6) is 5.75 Å². The van der Waals surface area contributed by atoms with E-state index >= 15 is 0 Å². The molecule has 8 heteroatoms. The molecule has 0 saturated heterocycles. The summed E-state index contributed by atoms with van der Waals surface area (Å²) in [5.41, 5.74) is 3.29. The van der Waals surface area contributed by atoms with E-state index in [1.165, 1.54) is 11.8 Å². The van der Waals surface area contributed by atoms with E-state index in [4.69, 9.17) is 28.6 Å². The molecular formula is C23H22ClN3O2S2. The minimum absolute atomic E-state index is 0.0953. The van der Waals surface area contributed by atoms with Crippen LogP contribution in [0.2, 0.25) is 5.02 Å². The van der Waals surface area contributed by atoms with E-state index in [9.17, 15) is 4.79 Å². The average molecular weight is 472 g/mol. The zero-order chi connectivity index (χ0) is 22.2. The molecule has 0 aromatic heterocycles. The molecule has 0 atom stereocenters. The molecule has 0 bridgehead atoms. The highest BCUT2D eigenvalue weighted by Gasteiger charge is 2.08. The number of aryl methyl sites for hydroxylation is 1. The summed E-state index contributed by atoms with van der Waals surface area (Å²) in [5, 5.41) is 10.2. The lowest BCUT2D eigenvalue weighted by Gasteiger charge is -2.14. The smallest absolute Gasteiger partial charge is 0.234 e. The van der Waals surface area contributed by atoms with Crippen LogP contribution in [0, 0.1) is 6.92 Å². The molecule has 31 heavy (non-hydrogen) atoms. The fourth-order valence-corrected chi connectivity index (χ4v) is 3.92. The van der Waals surface area contributed by atoms with Crippen molar-refractivity contribution in [2.75, 3.05) is 28.8 Å². The number of amides is 1. The Balaban J connectivity index is 1.55. The number of carbonyl (C=O) groups is 1. The van der Waals surface area contributed by atoms with E-state index in [-0.39, 0.29) is 11.7 Å². The number of anilines is 3. The molecule has 0 spiro atoms. The molecule has 3 N–H and O–H groups in total. The fourth-order valence-electron chi connectivity index (χ4n) is 2.76. The third-order valence-corrected chi connectivity index (χ3v) is 5.72. The lowest BCUT2D eigenvalue weighted by molar-refractivity contribution is -0.113. The Bertz CT molecular complexity index is 1090. The minimum Gasteiger partial charge on any atom is -0.495 e. The van der Waals surface area contributed by atoms with Crippen molar-refractivity contribution < 1.29 is 9.53 Å². The van der Waals surface area contributed by atoms with Crippen molar-refractivity contribution in [2.45, 2.75) is 11.8 Å². The quantitative estimate of drug-likeness (QED) is 0.282. The van der Waals surface area contributed by atoms with E-state index in [1.807, 2.05) is 61.5 Å². The number of thiocarbonyl (C=S) groups is 1. The zero-order valence-corrected chi connectivity index (χ0v) is 19.5. The Morgan fingerprint density at radius 2 is 1.81 bits per heavy atom. The second-order valence-electron chi connectivity index (χ2n) is 6.60. The van der Waals surface area contributed by atoms with Crippen molar-refractivity contribution in [3.8, 4) is 5.75 Å². The van der Waals surface area contributed by atoms with Crippen LogP contribution in [-0.2, 0) is 4.79 Å². The standard InChI is InChI=1S/C23H22ClN3O2S2/c1-15-10-11-16(24)12-20(15)26-22(28)14-31-18-7-5-6-17(13-18)25-23(30)27-19-8-3-4-9-21(19)29-2/h3-13H,14H2,1-2H3,(H,26,28)(H2,25,27,30). The number of nitrogens with one attached hydrogen (secondary N) is 3. The first-order valence-electron chi connectivity index (χ1n) is 9.44. The first kappa shape index (κ1) is 22.9. The molecule has 3 rings (SSSR count). The molecule has 3 aromatic carbocycles. The molecule has 0 fully saturated rings. The van der Waals surface area contributed by atoms with Crippen LogP contribution < -0.4 is 20.7 Å². The van der Waals surface area contributed by atoms with Gasteiger partial charge >= 0.3 is 0 Å². The lowest BCUT2D eigenvalue weighted by atomic mass is 10.2. The van der Waals surface area contributed by atoms with E-state index in [0.29, 0.717) is 15.9 Å². The predicted molar refractivity (Wildman–Crippen MR) is 135 cm³/mol. The lowest BCUT2D eigenvalue weighted by Crippen LogP contribution is -2.19. The number of para-hydroxylation sites is 2. The highest BCUT2D eigenvalue weighted by Crippen LogP contribution is 2.25. The van der Waals surface area contributed by atoms with Gasteiger partial charge in [-0.15, -0.1) is 11.8 Å². The van der Waals surface area contributed by atoms with Gasteiger partial charge in [0.25, 0.3) is 0 Å². The van der Waals surface area contributed by atoms with Crippen molar-refractivity contribution in [1.82, 2.24) is 0 Å². The Hall–Kier alpha value is -2.74. The summed E-state index contributed by atoms with van der Waals surface area (Å²) in [5.74, 6) is 0.887. The van der Waals surface area contributed by atoms with Crippen LogP contribution in [0.15, 0.2) is 71.6 Å². The maximum absolute atomic E-state index is 12.3. The highest BCUT2D eigenvalue weighted by molar-refractivity contribution is 8.00. The maximum Gasteiger partial charge on any atom is 0.234 e. The second kappa shape index (κ2) is 11.0. The molecule has 1 amide bonds. The number of methoxy groups -OCH3 is 1. The van der Waals surface area contributed by atoms with Gasteiger partial charge < -0.3 is 20.7 Å². The first-order chi connectivity index (χ1) is 14.9. The summed E-state index contributed by atoms with van der Waals surface area (Å²) in [6, 6.07) is 20.7. The Morgan fingerprint density at radius 1 is 1.00 bits per heavy atom. The second-order valence-corrected chi connectivity index (χ2v) is 8.50. The highest BCUT2D eigenvalue weighted by atomic mass is 35.5. The third kappa shape index (κ3) is 6.89. The normalized spacial score (nSPS) is 10.3. The van der Waals surface area contributed by atoms with Gasteiger partial charge in [0.1, 0.15) is 5.75 Å². The number of carbonyl (C=O) groups excluding carboxylic acids is 1. The predicted octanol–water partition coefficient (Wildman–Crippen LogP) is 6.20. The van der Waals surface area contributed by atoms with Crippen LogP contribution in [0.1, 0.15) is 5.56 Å². The number of rotatable bonds is 7. The van der Waals surface area contributed by atoms with Crippen LogP contribution in [-0.4, -0.2) is 23.9 Å². The summed E-state index contributed by atoms with van der Waals surface area (Å²) in [6.45, 7) is 1.93. The summed E-state index contributed by atoms with van der Waals surface area (Å²) >= 11 is 12.9. The van der Waals surface area contributed by atoms with Gasteiger partial charge in [0.2, 0.25) is 5.91 Å². The van der Waals surface area contributed by atoms with Crippen LogP contribution in [0.25, 0.3) is 0 Å². The summed E-state index contributed by atoms with van der Waals surface area (Å²) in [6.07, 6.45) is 0. The van der Waals surface area contributed by atoms with Crippen LogP contribution >= 0.6 is 35.6 Å². The first-order valence-corrected chi connectivity index (χ1v) is 11.2. The van der Waals surface area contributed by atoms with Crippen molar-refractivity contribution >= 4 is 63.7 Å². The average Bonchev–Trinajstić information content (AvgIpc) is 2.75. The van der Waals surface area contributed by atoms with Crippen LogP contribution in [0.3, 0.4) is 0 Å². The Labute approximate surface area is 196 Å². The van der Waals surface area contributed by atoms with Crippen molar-refractivity contribution in [3.63, 3.8) is 0 Å². The molecule has 5 nitrogen and oxygen atoms in total. The van der Waals surface area contributed by atoms with Gasteiger partial charge in [-0.25, -0.2) is 0 Å². The maximum atomic E-state index is 12.3. The molecule has 0 aliphatic heterocycles. The zero-order valence-electron chi connectivity index (χ0n) is 17.1.